The number of fused-ring (bicyclic) bond motifs is 1. The molecule has 0 fully saturated rings. The number of amides is 3. The van der Waals surface area contributed by atoms with Crippen molar-refractivity contribution in [3.05, 3.63) is 52.9 Å². The molecule has 3 rings (SSSR count). The van der Waals surface area contributed by atoms with E-state index in [1.807, 2.05) is 38.1 Å². The quantitative estimate of drug-likeness (QED) is 0.488. The predicted octanol–water partition coefficient (Wildman–Crippen LogP) is 2.89. The second-order valence-corrected chi connectivity index (χ2v) is 7.00. The Hall–Kier alpha value is -3.00. The molecular weight excluding hydrogens is 380 g/mol. The molecular formula is C19H23ClN6O2. The second kappa shape index (κ2) is 8.79. The van der Waals surface area contributed by atoms with Crippen molar-refractivity contribution in [1.82, 2.24) is 30.7 Å². The van der Waals surface area contributed by atoms with Crippen LogP contribution in [0.4, 0.5) is 4.79 Å². The normalized spacial score (nSPS) is 12.0. The third-order valence-electron chi connectivity index (χ3n) is 4.35. The number of carbonyl (C=O) groups is 2. The molecule has 0 radical (unpaired) electrons. The molecule has 0 saturated carbocycles. The summed E-state index contributed by atoms with van der Waals surface area (Å²) in [5, 5.41) is 13.8. The van der Waals surface area contributed by atoms with Gasteiger partial charge in [-0.3, -0.25) is 9.89 Å². The van der Waals surface area contributed by atoms with Gasteiger partial charge in [0.1, 0.15) is 5.69 Å². The van der Waals surface area contributed by atoms with Crippen LogP contribution in [0.3, 0.4) is 0 Å². The minimum atomic E-state index is -0.297. The molecule has 0 aliphatic heterocycles. The van der Waals surface area contributed by atoms with Gasteiger partial charge >= 0.3 is 6.03 Å². The molecule has 0 aliphatic carbocycles. The Morgan fingerprint density at radius 2 is 2.11 bits per heavy atom. The number of nitrogens with zero attached hydrogens (tertiary/aromatic N) is 2. The van der Waals surface area contributed by atoms with E-state index in [4.69, 9.17) is 11.6 Å². The van der Waals surface area contributed by atoms with Crippen molar-refractivity contribution in [3.8, 4) is 0 Å². The zero-order valence-electron chi connectivity index (χ0n) is 15.8. The van der Waals surface area contributed by atoms with E-state index >= 15 is 0 Å². The maximum Gasteiger partial charge on any atom is 0.315 e. The topological polar surface area (TPSA) is 106 Å². The molecule has 148 valence electrons. The van der Waals surface area contributed by atoms with Crippen molar-refractivity contribution < 1.29 is 9.59 Å². The minimum Gasteiger partial charge on any atom is -0.357 e. The summed E-state index contributed by atoms with van der Waals surface area (Å²) in [5.41, 5.74) is 2.27. The minimum absolute atomic E-state index is 0.147. The fraction of sp³-hybridized carbons (Fsp3) is 0.316. The summed E-state index contributed by atoms with van der Waals surface area (Å²) in [6.07, 6.45) is 1.54. The fourth-order valence-electron chi connectivity index (χ4n) is 2.99. The average molecular weight is 403 g/mol. The summed E-state index contributed by atoms with van der Waals surface area (Å²) in [6.45, 7) is 5.03. The van der Waals surface area contributed by atoms with Gasteiger partial charge in [-0.15, -0.1) is 0 Å². The van der Waals surface area contributed by atoms with E-state index in [2.05, 4.69) is 25.8 Å². The molecule has 3 amide bonds. The van der Waals surface area contributed by atoms with Gasteiger partial charge in [0.2, 0.25) is 0 Å². The van der Waals surface area contributed by atoms with Gasteiger partial charge in [0.05, 0.1) is 6.54 Å². The zero-order chi connectivity index (χ0) is 20.1. The number of aromatic nitrogens is 3. The maximum atomic E-state index is 12.4. The van der Waals surface area contributed by atoms with E-state index in [1.165, 1.54) is 6.20 Å². The van der Waals surface area contributed by atoms with Gasteiger partial charge in [-0.2, -0.15) is 5.10 Å². The molecule has 2 aromatic heterocycles. The number of carbonyl (C=O) groups excluding carboxylic acids is 2. The smallest absolute Gasteiger partial charge is 0.315 e. The van der Waals surface area contributed by atoms with Crippen molar-refractivity contribution in [2.75, 3.05) is 13.1 Å². The first-order valence-corrected chi connectivity index (χ1v) is 9.44. The number of rotatable bonds is 7. The summed E-state index contributed by atoms with van der Waals surface area (Å²) in [7, 11) is 0. The van der Waals surface area contributed by atoms with Crippen LogP contribution in [0.1, 0.15) is 30.0 Å². The molecule has 0 saturated heterocycles. The van der Waals surface area contributed by atoms with Crippen LogP contribution in [0.5, 0.6) is 0 Å². The van der Waals surface area contributed by atoms with Crippen LogP contribution in [0.15, 0.2) is 36.5 Å². The lowest BCUT2D eigenvalue weighted by atomic mass is 10.2. The predicted molar refractivity (Wildman–Crippen MR) is 108 cm³/mol. The summed E-state index contributed by atoms with van der Waals surface area (Å²) in [6, 6.07) is 8.66. The second-order valence-electron chi connectivity index (χ2n) is 6.57. The number of benzene rings is 1. The van der Waals surface area contributed by atoms with Crippen LogP contribution in [-0.2, 0) is 6.54 Å². The number of halogens is 1. The molecule has 3 aromatic rings. The van der Waals surface area contributed by atoms with Crippen molar-refractivity contribution in [3.63, 3.8) is 0 Å². The van der Waals surface area contributed by atoms with Crippen molar-refractivity contribution in [2.24, 2.45) is 0 Å². The highest BCUT2D eigenvalue weighted by Crippen LogP contribution is 2.19. The average Bonchev–Trinajstić information content (AvgIpc) is 3.33. The van der Waals surface area contributed by atoms with E-state index in [1.54, 1.807) is 11.0 Å². The lowest BCUT2D eigenvalue weighted by Crippen LogP contribution is -2.47. The molecule has 1 atom stereocenters. The Labute approximate surface area is 167 Å². The van der Waals surface area contributed by atoms with Crippen LogP contribution < -0.4 is 10.6 Å². The van der Waals surface area contributed by atoms with Crippen molar-refractivity contribution in [1.29, 1.82) is 0 Å². The largest absolute Gasteiger partial charge is 0.357 e. The van der Waals surface area contributed by atoms with E-state index in [9.17, 15) is 9.59 Å². The third kappa shape index (κ3) is 4.83. The van der Waals surface area contributed by atoms with E-state index in [0.29, 0.717) is 30.4 Å². The third-order valence-corrected chi connectivity index (χ3v) is 4.58. The lowest BCUT2D eigenvalue weighted by Gasteiger charge is -2.24. The molecule has 8 nitrogen and oxygen atoms in total. The maximum absolute atomic E-state index is 12.4. The zero-order valence-corrected chi connectivity index (χ0v) is 16.5. The summed E-state index contributed by atoms with van der Waals surface area (Å²) in [4.78, 5) is 29.5. The number of likely N-dealkylation sites (N-methyl/N-ethyl adjacent to an activating group) is 1. The number of nitrogens with one attached hydrogen (secondary N) is 4. The monoisotopic (exact) mass is 402 g/mol. The standard InChI is InChI=1S/C19H23ClN6O2/c1-3-26(18(27)17-6-7-22-25-17)11-12(2)23-19(28)21-10-15-9-13-8-14(20)4-5-16(13)24-15/h4-9,12,24H,3,10-11H2,1-2H3,(H,22,25)(H2,21,23,28)/t12-/m1/s1. The van der Waals surface area contributed by atoms with Gasteiger partial charge in [0, 0.05) is 46.9 Å². The fourth-order valence-corrected chi connectivity index (χ4v) is 3.17. The number of aromatic amines is 2. The van der Waals surface area contributed by atoms with Gasteiger partial charge in [-0.05, 0) is 44.2 Å². The Morgan fingerprint density at radius 1 is 1.29 bits per heavy atom. The first-order chi connectivity index (χ1) is 13.5. The molecule has 0 bridgehead atoms. The van der Waals surface area contributed by atoms with Gasteiger partial charge in [-0.1, -0.05) is 11.6 Å². The number of urea groups is 1. The number of hydrogen-bond donors (Lipinski definition) is 4. The Morgan fingerprint density at radius 3 is 2.82 bits per heavy atom. The van der Waals surface area contributed by atoms with Crippen molar-refractivity contribution >= 4 is 34.4 Å². The molecule has 0 unspecified atom stereocenters. The SMILES string of the molecule is CCN(C[C@@H](C)NC(=O)NCc1cc2cc(Cl)ccc2[nH]1)C(=O)c1ccn[nH]1. The van der Waals surface area contributed by atoms with Crippen LogP contribution in [-0.4, -0.2) is 51.2 Å². The van der Waals surface area contributed by atoms with Crippen LogP contribution in [0.2, 0.25) is 5.02 Å². The number of H-pyrrole nitrogens is 2. The van der Waals surface area contributed by atoms with Gasteiger partial charge in [-0.25, -0.2) is 4.79 Å². The van der Waals surface area contributed by atoms with E-state index in [0.717, 1.165) is 16.6 Å². The molecule has 0 aliphatic rings. The summed E-state index contributed by atoms with van der Waals surface area (Å²) in [5.74, 6) is -0.147. The molecule has 28 heavy (non-hydrogen) atoms. The molecule has 0 spiro atoms. The van der Waals surface area contributed by atoms with Crippen molar-refractivity contribution in [2.45, 2.75) is 26.4 Å². The highest BCUT2D eigenvalue weighted by atomic mass is 35.5. The first kappa shape index (κ1) is 19.8. The summed E-state index contributed by atoms with van der Waals surface area (Å²) >= 11 is 5.99. The van der Waals surface area contributed by atoms with Gasteiger partial charge in [0.15, 0.2) is 0 Å². The molecule has 9 heteroatoms. The van der Waals surface area contributed by atoms with E-state index < -0.39 is 0 Å². The first-order valence-electron chi connectivity index (χ1n) is 9.06. The summed E-state index contributed by atoms with van der Waals surface area (Å²) < 4.78 is 0. The molecule has 4 N–H and O–H groups in total. The number of hydrogen-bond acceptors (Lipinski definition) is 3. The van der Waals surface area contributed by atoms with Crippen LogP contribution in [0.25, 0.3) is 10.9 Å². The van der Waals surface area contributed by atoms with Gasteiger partial charge < -0.3 is 20.5 Å². The molecule has 2 heterocycles. The Bertz CT molecular complexity index is 953. The Kier molecular flexibility index (Phi) is 6.20. The lowest BCUT2D eigenvalue weighted by molar-refractivity contribution is 0.0746. The highest BCUT2D eigenvalue weighted by molar-refractivity contribution is 6.31. The van der Waals surface area contributed by atoms with Gasteiger partial charge in [0.25, 0.3) is 5.91 Å². The molecule has 1 aromatic carbocycles. The Balaban J connectivity index is 1.49. The van der Waals surface area contributed by atoms with E-state index in [-0.39, 0.29) is 18.0 Å². The van der Waals surface area contributed by atoms with Crippen LogP contribution in [0, 0.1) is 0 Å². The van der Waals surface area contributed by atoms with Crippen LogP contribution >= 0.6 is 11.6 Å². The highest BCUT2D eigenvalue weighted by Gasteiger charge is 2.18.